The van der Waals surface area contributed by atoms with Gasteiger partial charge in [-0.25, -0.2) is 4.98 Å². The van der Waals surface area contributed by atoms with Crippen LogP contribution < -0.4 is 10.2 Å². The lowest BCUT2D eigenvalue weighted by molar-refractivity contribution is -0.139. The zero-order chi connectivity index (χ0) is 12.1. The minimum atomic E-state index is -0.842. The molecular formula is C11H17N3O2. The molecule has 0 aromatic carbocycles. The molecule has 0 fully saturated rings. The van der Waals surface area contributed by atoms with Gasteiger partial charge in [0.1, 0.15) is 11.9 Å². The Kier molecular flexibility index (Phi) is 4.25. The molecule has 0 amide bonds. The van der Waals surface area contributed by atoms with Gasteiger partial charge in [-0.15, -0.1) is 0 Å². The molecule has 2 N–H and O–H groups in total. The van der Waals surface area contributed by atoms with Crippen LogP contribution in [0.4, 0.5) is 5.82 Å². The van der Waals surface area contributed by atoms with Crippen molar-refractivity contribution < 1.29 is 9.90 Å². The van der Waals surface area contributed by atoms with Crippen LogP contribution in [0.15, 0.2) is 18.3 Å². The molecule has 0 spiro atoms. The number of carboxylic acid groups (broad SMARTS) is 1. The van der Waals surface area contributed by atoms with Crippen molar-refractivity contribution in [3.05, 3.63) is 23.9 Å². The van der Waals surface area contributed by atoms with Gasteiger partial charge in [0.25, 0.3) is 0 Å². The molecule has 1 aromatic rings. The summed E-state index contributed by atoms with van der Waals surface area (Å²) in [6.45, 7) is 0. The number of rotatable bonds is 5. The van der Waals surface area contributed by atoms with Gasteiger partial charge in [-0.2, -0.15) is 0 Å². The molecule has 0 aliphatic carbocycles. The second-order valence-electron chi connectivity index (χ2n) is 3.80. The van der Waals surface area contributed by atoms with E-state index in [1.807, 2.05) is 31.1 Å². The molecule has 5 nitrogen and oxygen atoms in total. The normalized spacial score (nSPS) is 12.2. The number of anilines is 1. The SMILES string of the molecule is CNC(Cc1ccnc(N(C)C)c1)C(=O)O. The first kappa shape index (κ1) is 12.4. The van der Waals surface area contributed by atoms with Crippen LogP contribution >= 0.6 is 0 Å². The van der Waals surface area contributed by atoms with E-state index in [9.17, 15) is 4.79 Å². The average Bonchev–Trinajstić information content (AvgIpc) is 2.25. The van der Waals surface area contributed by atoms with Gasteiger partial charge in [0.05, 0.1) is 0 Å². The Balaban J connectivity index is 2.80. The van der Waals surface area contributed by atoms with Crippen molar-refractivity contribution in [3.8, 4) is 0 Å². The van der Waals surface area contributed by atoms with Crippen molar-refractivity contribution in [2.24, 2.45) is 0 Å². The maximum atomic E-state index is 10.9. The lowest BCUT2D eigenvalue weighted by Crippen LogP contribution is -2.35. The van der Waals surface area contributed by atoms with E-state index in [1.54, 1.807) is 13.2 Å². The second kappa shape index (κ2) is 5.46. The number of carboxylic acids is 1. The topological polar surface area (TPSA) is 65.5 Å². The number of hydrogen-bond donors (Lipinski definition) is 2. The maximum Gasteiger partial charge on any atom is 0.321 e. The molecule has 1 atom stereocenters. The van der Waals surface area contributed by atoms with Crippen LogP contribution in [0.25, 0.3) is 0 Å². The van der Waals surface area contributed by atoms with Crippen molar-refractivity contribution in [2.45, 2.75) is 12.5 Å². The molecule has 16 heavy (non-hydrogen) atoms. The molecule has 1 aromatic heterocycles. The zero-order valence-corrected chi connectivity index (χ0v) is 9.77. The van der Waals surface area contributed by atoms with Gasteiger partial charge in [-0.1, -0.05) is 0 Å². The van der Waals surface area contributed by atoms with E-state index in [0.29, 0.717) is 6.42 Å². The lowest BCUT2D eigenvalue weighted by Gasteiger charge is -2.14. The number of nitrogens with one attached hydrogen (secondary N) is 1. The largest absolute Gasteiger partial charge is 0.480 e. The first-order valence-corrected chi connectivity index (χ1v) is 5.07. The summed E-state index contributed by atoms with van der Waals surface area (Å²) in [4.78, 5) is 16.9. The summed E-state index contributed by atoms with van der Waals surface area (Å²) in [6.07, 6.45) is 2.15. The lowest BCUT2D eigenvalue weighted by atomic mass is 10.1. The Morgan fingerprint density at radius 1 is 1.62 bits per heavy atom. The molecule has 5 heteroatoms. The van der Waals surface area contributed by atoms with Crippen LogP contribution in [0.1, 0.15) is 5.56 Å². The zero-order valence-electron chi connectivity index (χ0n) is 9.77. The molecule has 0 radical (unpaired) electrons. The highest BCUT2D eigenvalue weighted by molar-refractivity contribution is 5.73. The van der Waals surface area contributed by atoms with Gasteiger partial charge in [0.2, 0.25) is 0 Å². The van der Waals surface area contributed by atoms with Gasteiger partial charge in [0.15, 0.2) is 0 Å². The summed E-state index contributed by atoms with van der Waals surface area (Å²) in [5, 5.41) is 11.7. The third-order valence-electron chi connectivity index (χ3n) is 2.35. The Labute approximate surface area is 95.1 Å². The number of hydrogen-bond acceptors (Lipinski definition) is 4. The average molecular weight is 223 g/mol. The third-order valence-corrected chi connectivity index (χ3v) is 2.35. The highest BCUT2D eigenvalue weighted by Gasteiger charge is 2.15. The maximum absolute atomic E-state index is 10.9. The van der Waals surface area contributed by atoms with Gasteiger partial charge in [-0.3, -0.25) is 4.79 Å². The fourth-order valence-electron chi connectivity index (χ4n) is 1.38. The van der Waals surface area contributed by atoms with E-state index >= 15 is 0 Å². The predicted octanol–water partition coefficient (Wildman–Crippen LogP) is 0.363. The Morgan fingerprint density at radius 3 is 2.81 bits per heavy atom. The number of carbonyl (C=O) groups is 1. The van der Waals surface area contributed by atoms with E-state index in [0.717, 1.165) is 11.4 Å². The smallest absolute Gasteiger partial charge is 0.321 e. The Morgan fingerprint density at radius 2 is 2.31 bits per heavy atom. The number of pyridine rings is 1. The van der Waals surface area contributed by atoms with Crippen LogP contribution in [0.5, 0.6) is 0 Å². The first-order chi connectivity index (χ1) is 7.54. The molecular weight excluding hydrogens is 206 g/mol. The highest BCUT2D eigenvalue weighted by atomic mass is 16.4. The second-order valence-corrected chi connectivity index (χ2v) is 3.80. The molecule has 0 aliphatic rings. The van der Waals surface area contributed by atoms with Crippen molar-refractivity contribution in [1.29, 1.82) is 0 Å². The summed E-state index contributed by atoms with van der Waals surface area (Å²) in [5.74, 6) is -0.0107. The monoisotopic (exact) mass is 223 g/mol. The predicted molar refractivity (Wildman–Crippen MR) is 62.8 cm³/mol. The van der Waals surface area contributed by atoms with Crippen LogP contribution in [0.2, 0.25) is 0 Å². The van der Waals surface area contributed by atoms with E-state index in [1.165, 1.54) is 0 Å². The van der Waals surface area contributed by atoms with E-state index in [-0.39, 0.29) is 0 Å². The van der Waals surface area contributed by atoms with Crippen LogP contribution in [0, 0.1) is 0 Å². The molecule has 0 aliphatic heterocycles. The number of aliphatic carboxylic acids is 1. The van der Waals surface area contributed by atoms with E-state index < -0.39 is 12.0 Å². The summed E-state index contributed by atoms with van der Waals surface area (Å²) in [5.41, 5.74) is 0.959. The molecule has 0 saturated carbocycles. The summed E-state index contributed by atoms with van der Waals surface area (Å²) in [6, 6.07) is 3.17. The molecule has 0 bridgehead atoms. The summed E-state index contributed by atoms with van der Waals surface area (Å²) in [7, 11) is 5.45. The molecule has 1 unspecified atom stereocenters. The van der Waals surface area contributed by atoms with E-state index in [2.05, 4.69) is 10.3 Å². The fourth-order valence-corrected chi connectivity index (χ4v) is 1.38. The van der Waals surface area contributed by atoms with Gasteiger partial charge < -0.3 is 15.3 Å². The van der Waals surface area contributed by atoms with Crippen molar-refractivity contribution in [3.63, 3.8) is 0 Å². The Hall–Kier alpha value is -1.62. The molecule has 1 rings (SSSR count). The van der Waals surface area contributed by atoms with Crippen molar-refractivity contribution in [2.75, 3.05) is 26.0 Å². The molecule has 88 valence electrons. The molecule has 1 heterocycles. The van der Waals surface area contributed by atoms with Crippen molar-refractivity contribution >= 4 is 11.8 Å². The standard InChI is InChI=1S/C11H17N3O2/c1-12-9(11(15)16)6-8-4-5-13-10(7-8)14(2)3/h4-5,7,9,12H,6H2,1-3H3,(H,15,16). The van der Waals surface area contributed by atoms with Crippen molar-refractivity contribution in [1.82, 2.24) is 10.3 Å². The highest BCUT2D eigenvalue weighted by Crippen LogP contribution is 2.11. The van der Waals surface area contributed by atoms with Gasteiger partial charge >= 0.3 is 5.97 Å². The van der Waals surface area contributed by atoms with Crippen LogP contribution in [-0.2, 0) is 11.2 Å². The number of likely N-dealkylation sites (N-methyl/N-ethyl adjacent to an activating group) is 1. The number of nitrogens with zero attached hydrogens (tertiary/aromatic N) is 2. The molecule has 0 saturated heterocycles. The summed E-state index contributed by atoms with van der Waals surface area (Å²) < 4.78 is 0. The third kappa shape index (κ3) is 3.20. The van der Waals surface area contributed by atoms with Crippen LogP contribution in [-0.4, -0.2) is 43.2 Å². The van der Waals surface area contributed by atoms with Gasteiger partial charge in [0, 0.05) is 20.3 Å². The quantitative estimate of drug-likeness (QED) is 0.754. The minimum absolute atomic E-state index is 0.454. The minimum Gasteiger partial charge on any atom is -0.480 e. The summed E-state index contributed by atoms with van der Waals surface area (Å²) >= 11 is 0. The van der Waals surface area contributed by atoms with Crippen LogP contribution in [0.3, 0.4) is 0 Å². The van der Waals surface area contributed by atoms with Gasteiger partial charge in [-0.05, 0) is 31.2 Å². The fraction of sp³-hybridized carbons (Fsp3) is 0.455. The van der Waals surface area contributed by atoms with E-state index in [4.69, 9.17) is 5.11 Å². The first-order valence-electron chi connectivity index (χ1n) is 5.07. The Bertz CT molecular complexity index is 366. The number of aromatic nitrogens is 1.